The molecule has 0 aliphatic heterocycles. The fourth-order valence-electron chi connectivity index (χ4n) is 3.06. The van der Waals surface area contributed by atoms with Gasteiger partial charge < -0.3 is 15.6 Å². The van der Waals surface area contributed by atoms with Crippen molar-refractivity contribution in [3.8, 4) is 0 Å². The predicted molar refractivity (Wildman–Crippen MR) is 114 cm³/mol. The molecule has 3 N–H and O–H groups in total. The van der Waals surface area contributed by atoms with Crippen molar-refractivity contribution in [2.45, 2.75) is 50.7 Å². The van der Waals surface area contributed by atoms with E-state index in [1.165, 1.54) is 11.8 Å². The first-order valence-corrected chi connectivity index (χ1v) is 10.9. The summed E-state index contributed by atoms with van der Waals surface area (Å²) in [6.45, 7) is 3.69. The number of aryl methyl sites for hydroxylation is 1. The molecule has 8 heteroatoms. The summed E-state index contributed by atoms with van der Waals surface area (Å²) in [5, 5.41) is 6.43. The highest BCUT2D eigenvalue weighted by Crippen LogP contribution is 2.30. The van der Waals surface area contributed by atoms with Crippen molar-refractivity contribution < 1.29 is 9.59 Å². The SMILES string of the molecule is CSc1nc(C)c(CCC(=O)NC(C)c2ccc(NC(=O)C3CC3)cc2)c(=O)[nH]1. The Bertz CT molecular complexity index is 951. The van der Waals surface area contributed by atoms with Gasteiger partial charge in [-0.2, -0.15) is 0 Å². The minimum Gasteiger partial charge on any atom is -0.350 e. The summed E-state index contributed by atoms with van der Waals surface area (Å²) in [6, 6.07) is 7.31. The highest BCUT2D eigenvalue weighted by molar-refractivity contribution is 7.98. The van der Waals surface area contributed by atoms with Crippen molar-refractivity contribution in [3.63, 3.8) is 0 Å². The molecule has 154 valence electrons. The summed E-state index contributed by atoms with van der Waals surface area (Å²) in [7, 11) is 0. The van der Waals surface area contributed by atoms with Gasteiger partial charge in [0.05, 0.1) is 6.04 Å². The van der Waals surface area contributed by atoms with Crippen molar-refractivity contribution in [3.05, 3.63) is 51.4 Å². The molecule has 0 bridgehead atoms. The van der Waals surface area contributed by atoms with Crippen LogP contribution < -0.4 is 16.2 Å². The molecule has 1 aromatic heterocycles. The third-order valence-corrected chi connectivity index (χ3v) is 5.58. The van der Waals surface area contributed by atoms with Crippen LogP contribution in [0.25, 0.3) is 0 Å². The molecule has 1 aliphatic rings. The molecule has 1 heterocycles. The number of carbonyl (C=O) groups excluding carboxylic acids is 2. The number of thioether (sulfide) groups is 1. The van der Waals surface area contributed by atoms with Gasteiger partial charge in [-0.1, -0.05) is 23.9 Å². The van der Waals surface area contributed by atoms with E-state index >= 15 is 0 Å². The second-order valence-corrected chi connectivity index (χ2v) is 8.11. The van der Waals surface area contributed by atoms with Crippen molar-refractivity contribution in [2.75, 3.05) is 11.6 Å². The molecule has 2 aromatic rings. The molecular formula is C21H26N4O3S. The number of H-pyrrole nitrogens is 1. The summed E-state index contributed by atoms with van der Waals surface area (Å²) in [5.41, 5.74) is 2.72. The fourth-order valence-corrected chi connectivity index (χ4v) is 3.48. The van der Waals surface area contributed by atoms with Gasteiger partial charge in [0.25, 0.3) is 5.56 Å². The van der Waals surface area contributed by atoms with Crippen LogP contribution in [0.5, 0.6) is 0 Å². The van der Waals surface area contributed by atoms with Gasteiger partial charge in [-0.05, 0) is 57.1 Å². The zero-order chi connectivity index (χ0) is 21.0. The van der Waals surface area contributed by atoms with Crippen molar-refractivity contribution in [1.29, 1.82) is 0 Å². The first-order chi connectivity index (χ1) is 13.9. The highest BCUT2D eigenvalue weighted by atomic mass is 32.2. The first kappa shape index (κ1) is 21.1. The molecule has 2 amide bonds. The molecule has 1 aromatic carbocycles. The van der Waals surface area contributed by atoms with Crippen LogP contribution in [0, 0.1) is 12.8 Å². The first-order valence-electron chi connectivity index (χ1n) is 9.71. The van der Waals surface area contributed by atoms with Crippen LogP contribution in [0.1, 0.15) is 49.0 Å². The number of rotatable bonds is 8. The molecule has 0 radical (unpaired) electrons. The Hall–Kier alpha value is -2.61. The van der Waals surface area contributed by atoms with E-state index in [1.807, 2.05) is 37.4 Å². The van der Waals surface area contributed by atoms with Crippen molar-refractivity contribution in [2.24, 2.45) is 5.92 Å². The highest BCUT2D eigenvalue weighted by Gasteiger charge is 2.29. The Balaban J connectivity index is 1.52. The number of hydrogen-bond acceptors (Lipinski definition) is 5. The van der Waals surface area contributed by atoms with Gasteiger partial charge in [0.2, 0.25) is 11.8 Å². The molecule has 3 rings (SSSR count). The number of nitrogens with one attached hydrogen (secondary N) is 3. The maximum atomic E-state index is 12.3. The Labute approximate surface area is 174 Å². The lowest BCUT2D eigenvalue weighted by Gasteiger charge is -2.15. The summed E-state index contributed by atoms with van der Waals surface area (Å²) in [4.78, 5) is 43.4. The van der Waals surface area contributed by atoms with Crippen LogP contribution in [-0.2, 0) is 16.0 Å². The summed E-state index contributed by atoms with van der Waals surface area (Å²) in [6.07, 6.45) is 4.34. The summed E-state index contributed by atoms with van der Waals surface area (Å²) >= 11 is 1.38. The summed E-state index contributed by atoms with van der Waals surface area (Å²) < 4.78 is 0. The number of carbonyl (C=O) groups is 2. The van der Waals surface area contributed by atoms with Gasteiger partial charge in [-0.15, -0.1) is 0 Å². The number of aromatic amines is 1. The van der Waals surface area contributed by atoms with E-state index in [0.717, 1.165) is 24.1 Å². The number of aromatic nitrogens is 2. The lowest BCUT2D eigenvalue weighted by molar-refractivity contribution is -0.121. The Morgan fingerprint density at radius 2 is 1.97 bits per heavy atom. The van der Waals surface area contributed by atoms with Gasteiger partial charge in [0.1, 0.15) is 0 Å². The number of hydrogen-bond donors (Lipinski definition) is 3. The van der Waals surface area contributed by atoms with Crippen LogP contribution >= 0.6 is 11.8 Å². The van der Waals surface area contributed by atoms with Crippen LogP contribution in [0.4, 0.5) is 5.69 Å². The Morgan fingerprint density at radius 3 is 2.55 bits per heavy atom. The van der Waals surface area contributed by atoms with Gasteiger partial charge in [-0.3, -0.25) is 14.4 Å². The standard InChI is InChI=1S/C21H26N4O3S/c1-12(14-6-8-16(9-7-14)24-19(27)15-4-5-15)22-18(26)11-10-17-13(2)23-21(29-3)25-20(17)28/h6-9,12,15H,4-5,10-11H2,1-3H3,(H,22,26)(H,24,27)(H,23,25,28). The van der Waals surface area contributed by atoms with Crippen LogP contribution in [0.15, 0.2) is 34.2 Å². The average molecular weight is 415 g/mol. The fraction of sp³-hybridized carbons (Fsp3) is 0.429. The molecule has 1 fully saturated rings. The normalized spacial score (nSPS) is 14.3. The van der Waals surface area contributed by atoms with Gasteiger partial charge in [-0.25, -0.2) is 4.98 Å². The smallest absolute Gasteiger partial charge is 0.254 e. The van der Waals surface area contributed by atoms with E-state index in [0.29, 0.717) is 22.8 Å². The maximum Gasteiger partial charge on any atom is 0.254 e. The maximum absolute atomic E-state index is 12.3. The number of benzene rings is 1. The lowest BCUT2D eigenvalue weighted by atomic mass is 10.1. The molecular weight excluding hydrogens is 388 g/mol. The Morgan fingerprint density at radius 1 is 1.28 bits per heavy atom. The number of anilines is 1. The van der Waals surface area contributed by atoms with Crippen molar-refractivity contribution in [1.82, 2.24) is 15.3 Å². The van der Waals surface area contributed by atoms with Crippen LogP contribution in [0.3, 0.4) is 0 Å². The van der Waals surface area contributed by atoms with Crippen LogP contribution in [0.2, 0.25) is 0 Å². The van der Waals surface area contributed by atoms with Crippen LogP contribution in [-0.4, -0.2) is 28.0 Å². The van der Waals surface area contributed by atoms with Gasteiger partial charge >= 0.3 is 0 Å². The van der Waals surface area contributed by atoms with E-state index in [4.69, 9.17) is 0 Å². The second-order valence-electron chi connectivity index (χ2n) is 7.31. The largest absolute Gasteiger partial charge is 0.350 e. The van der Waals surface area contributed by atoms with E-state index in [-0.39, 0.29) is 35.8 Å². The quantitative estimate of drug-likeness (QED) is 0.455. The molecule has 1 saturated carbocycles. The van der Waals surface area contributed by atoms with E-state index < -0.39 is 0 Å². The van der Waals surface area contributed by atoms with E-state index in [1.54, 1.807) is 6.92 Å². The zero-order valence-electron chi connectivity index (χ0n) is 16.9. The molecule has 1 unspecified atom stereocenters. The van der Waals surface area contributed by atoms with Crippen molar-refractivity contribution >= 4 is 29.3 Å². The Kier molecular flexibility index (Phi) is 6.74. The third-order valence-electron chi connectivity index (χ3n) is 5.00. The molecule has 7 nitrogen and oxygen atoms in total. The zero-order valence-corrected chi connectivity index (χ0v) is 17.7. The second kappa shape index (κ2) is 9.26. The molecule has 0 saturated heterocycles. The minimum absolute atomic E-state index is 0.0736. The molecule has 29 heavy (non-hydrogen) atoms. The molecule has 1 atom stereocenters. The number of nitrogens with zero attached hydrogens (tertiary/aromatic N) is 1. The summed E-state index contributed by atoms with van der Waals surface area (Å²) in [5.74, 6) is 0.108. The van der Waals surface area contributed by atoms with Gasteiger partial charge in [0, 0.05) is 29.3 Å². The topological polar surface area (TPSA) is 104 Å². The third kappa shape index (κ3) is 5.69. The predicted octanol–water partition coefficient (Wildman–Crippen LogP) is 2.96. The lowest BCUT2D eigenvalue weighted by Crippen LogP contribution is -2.28. The molecule has 1 aliphatic carbocycles. The van der Waals surface area contributed by atoms with Gasteiger partial charge in [0.15, 0.2) is 5.16 Å². The average Bonchev–Trinajstić information content (AvgIpc) is 3.53. The number of amides is 2. The van der Waals surface area contributed by atoms with E-state index in [9.17, 15) is 14.4 Å². The monoisotopic (exact) mass is 414 g/mol. The molecule has 0 spiro atoms. The van der Waals surface area contributed by atoms with E-state index in [2.05, 4.69) is 20.6 Å². The minimum atomic E-state index is -0.188.